The van der Waals surface area contributed by atoms with Crippen LogP contribution in [0.15, 0.2) is 34.7 Å². The number of rotatable bonds is 6. The Morgan fingerprint density at radius 2 is 1.87 bits per heavy atom. The lowest BCUT2D eigenvalue weighted by molar-refractivity contribution is 0.102. The summed E-state index contributed by atoms with van der Waals surface area (Å²) in [5, 5.41) is 3.31. The van der Waals surface area contributed by atoms with Crippen molar-refractivity contribution in [2.45, 2.75) is 11.1 Å². The van der Waals surface area contributed by atoms with Crippen molar-refractivity contribution in [3.8, 4) is 0 Å². The second kappa shape index (κ2) is 6.50. The van der Waals surface area contributed by atoms with Gasteiger partial charge in [0.2, 0.25) is 0 Å². The van der Waals surface area contributed by atoms with Crippen LogP contribution in [0.4, 0.5) is 5.13 Å². The molecular weight excluding hydrogens is 330 g/mol. The summed E-state index contributed by atoms with van der Waals surface area (Å²) in [6.45, 7) is 1.89. The fourth-order valence-corrected chi connectivity index (χ4v) is 5.62. The number of carbonyl (C=O) groups is 1. The maximum Gasteiger partial charge on any atom is 0.257 e. The smallest absolute Gasteiger partial charge is 0.257 e. The topological polar surface area (TPSA) is 120 Å². The number of nitrogens with zero attached hydrogens (tertiary/aromatic N) is 1. The fourth-order valence-electron chi connectivity index (χ4n) is 2.03. The minimum atomic E-state index is -2.53. The third-order valence-electron chi connectivity index (χ3n) is 3.97. The average Bonchev–Trinajstić information content (AvgIpc) is 3.04. The molecule has 0 aliphatic rings. The molecule has 0 spiro atoms. The third-order valence-corrected chi connectivity index (χ3v) is 10.2. The van der Waals surface area contributed by atoms with Gasteiger partial charge in [-0.3, -0.25) is 10.1 Å². The van der Waals surface area contributed by atoms with Crippen LogP contribution >= 0.6 is 20.1 Å². The second-order valence-corrected chi connectivity index (χ2v) is 11.9. The van der Waals surface area contributed by atoms with E-state index >= 15 is 0 Å². The molecular formula is C15H23N5OS2. The number of hydrogen-bond acceptors (Lipinski definition) is 6. The van der Waals surface area contributed by atoms with Crippen LogP contribution < -0.4 is 22.5 Å². The van der Waals surface area contributed by atoms with Crippen LogP contribution in [0.5, 0.6) is 0 Å². The monoisotopic (exact) mass is 353 g/mol. The van der Waals surface area contributed by atoms with Crippen LogP contribution in [0.2, 0.25) is 0 Å². The van der Waals surface area contributed by atoms with E-state index in [1.807, 2.05) is 25.1 Å². The number of aromatic nitrogens is 1. The predicted molar refractivity (Wildman–Crippen MR) is 101 cm³/mol. The molecule has 0 radical (unpaired) electrons. The highest BCUT2D eigenvalue weighted by Crippen LogP contribution is 2.62. The van der Waals surface area contributed by atoms with Gasteiger partial charge in [-0.2, -0.15) is 8.75 Å². The molecule has 1 heterocycles. The summed E-state index contributed by atoms with van der Waals surface area (Å²) < 4.78 is 0.870. The van der Waals surface area contributed by atoms with Crippen LogP contribution in [-0.4, -0.2) is 34.4 Å². The molecule has 6 nitrogen and oxygen atoms in total. The van der Waals surface area contributed by atoms with Gasteiger partial charge in [-0.1, -0.05) is 35.4 Å². The Morgan fingerprint density at radius 1 is 1.26 bits per heavy atom. The standard InChI is InChI=1S/C15H23N5OS2/c1-11-5-3-4-6-12(11)14(21)20-15-19-7-13(22-15)23(2,8-16,9-17)10-18/h3-7H,2,8-10,16-18H2,1H3,(H,19,20,21). The summed E-state index contributed by atoms with van der Waals surface area (Å²) in [4.78, 5) is 16.6. The van der Waals surface area contributed by atoms with Crippen LogP contribution in [0.3, 0.4) is 0 Å². The summed E-state index contributed by atoms with van der Waals surface area (Å²) in [5.74, 6) is 5.00. The molecule has 0 aliphatic heterocycles. The van der Waals surface area contributed by atoms with Gasteiger partial charge in [-0.05, 0) is 18.6 Å². The number of nitrogens with one attached hydrogen (secondary N) is 1. The van der Waals surface area contributed by atoms with Gasteiger partial charge in [0.25, 0.3) is 5.91 Å². The molecule has 1 aromatic heterocycles. The zero-order valence-corrected chi connectivity index (χ0v) is 14.8. The molecule has 2 rings (SSSR count). The van der Waals surface area contributed by atoms with E-state index in [2.05, 4.69) is 16.2 Å². The number of benzene rings is 1. The molecule has 7 N–H and O–H groups in total. The van der Waals surface area contributed by atoms with E-state index < -0.39 is 8.75 Å². The Bertz CT molecular complexity index is 762. The van der Waals surface area contributed by atoms with Crippen LogP contribution in [-0.2, 0) is 0 Å². The number of aryl methyl sites for hydroxylation is 1. The molecule has 0 aliphatic carbocycles. The van der Waals surface area contributed by atoms with Crippen LogP contribution in [0, 0.1) is 6.92 Å². The number of nitrogens with two attached hydrogens (primary N) is 3. The van der Waals surface area contributed by atoms with E-state index in [0.29, 0.717) is 28.3 Å². The van der Waals surface area contributed by atoms with Crippen molar-refractivity contribution in [1.29, 1.82) is 0 Å². The Balaban J connectivity index is 2.29. The maximum atomic E-state index is 12.4. The van der Waals surface area contributed by atoms with Crippen LogP contribution in [0.25, 0.3) is 0 Å². The Hall–Kier alpha value is -1.58. The molecule has 1 amide bonds. The molecule has 23 heavy (non-hydrogen) atoms. The first-order valence-corrected chi connectivity index (χ1v) is 10.6. The number of anilines is 1. The van der Waals surface area contributed by atoms with E-state index in [-0.39, 0.29) is 5.91 Å². The highest BCUT2D eigenvalue weighted by molar-refractivity contribution is 8.47. The Kier molecular flexibility index (Phi) is 5.02. The molecule has 0 bridgehead atoms. The lowest BCUT2D eigenvalue weighted by Crippen LogP contribution is -2.32. The van der Waals surface area contributed by atoms with Crippen molar-refractivity contribution >= 4 is 37.0 Å². The summed E-state index contributed by atoms with van der Waals surface area (Å²) >= 11 is 1.34. The van der Waals surface area contributed by atoms with Gasteiger partial charge in [-0.25, -0.2) is 4.98 Å². The molecule has 0 fully saturated rings. The molecule has 2 aromatic rings. The van der Waals surface area contributed by atoms with Crippen molar-refractivity contribution in [3.05, 3.63) is 41.6 Å². The van der Waals surface area contributed by atoms with E-state index in [0.717, 1.165) is 9.77 Å². The average molecular weight is 354 g/mol. The number of hydrogen-bond donors (Lipinski definition) is 4. The van der Waals surface area contributed by atoms with Gasteiger partial charge in [0.15, 0.2) is 5.13 Å². The summed E-state index contributed by atoms with van der Waals surface area (Å²) in [7, 11) is -2.53. The molecule has 0 saturated heterocycles. The first kappa shape index (κ1) is 17.8. The van der Waals surface area contributed by atoms with E-state index in [4.69, 9.17) is 17.2 Å². The summed E-state index contributed by atoms with van der Waals surface area (Å²) in [6, 6.07) is 7.38. The summed E-state index contributed by atoms with van der Waals surface area (Å²) in [5.41, 5.74) is 19.3. The molecule has 0 atom stereocenters. The SMILES string of the molecule is C=S(CN)(CN)(CN)c1cnc(NC(=O)c2ccccc2C)s1. The molecule has 8 heteroatoms. The van der Waals surface area contributed by atoms with Crippen molar-refractivity contribution in [2.24, 2.45) is 17.2 Å². The molecule has 126 valence electrons. The van der Waals surface area contributed by atoms with E-state index in [1.165, 1.54) is 11.3 Å². The van der Waals surface area contributed by atoms with Gasteiger partial charge in [0, 0.05) is 23.2 Å². The summed E-state index contributed by atoms with van der Waals surface area (Å²) in [6.07, 6.45) is 1.68. The largest absolute Gasteiger partial charge is 0.323 e. The Morgan fingerprint density at radius 3 is 2.43 bits per heavy atom. The van der Waals surface area contributed by atoms with Gasteiger partial charge in [0.05, 0.1) is 10.4 Å². The highest BCUT2D eigenvalue weighted by Gasteiger charge is 2.31. The lowest BCUT2D eigenvalue weighted by atomic mass is 10.1. The normalized spacial score (nSPS) is 13.3. The van der Waals surface area contributed by atoms with Gasteiger partial charge < -0.3 is 17.2 Å². The van der Waals surface area contributed by atoms with Gasteiger partial charge in [0.1, 0.15) is 0 Å². The minimum absolute atomic E-state index is 0.195. The number of carbonyl (C=O) groups excluding carboxylic acids is 1. The van der Waals surface area contributed by atoms with Crippen molar-refractivity contribution in [3.63, 3.8) is 0 Å². The third kappa shape index (κ3) is 3.22. The minimum Gasteiger partial charge on any atom is -0.323 e. The van der Waals surface area contributed by atoms with Crippen LogP contribution in [0.1, 0.15) is 15.9 Å². The highest BCUT2D eigenvalue weighted by atomic mass is 32.3. The van der Waals surface area contributed by atoms with Crippen molar-refractivity contribution < 1.29 is 4.79 Å². The van der Waals surface area contributed by atoms with E-state index in [1.54, 1.807) is 12.3 Å². The van der Waals surface area contributed by atoms with Crippen molar-refractivity contribution in [1.82, 2.24) is 4.98 Å². The zero-order chi connectivity index (χ0) is 17.1. The quantitative estimate of drug-likeness (QED) is 0.588. The van der Waals surface area contributed by atoms with E-state index in [9.17, 15) is 4.79 Å². The molecule has 0 unspecified atom stereocenters. The second-order valence-electron chi connectivity index (χ2n) is 5.56. The first-order chi connectivity index (χ1) is 10.9. The zero-order valence-electron chi connectivity index (χ0n) is 13.1. The predicted octanol–water partition coefficient (Wildman–Crippen LogP) is 1.58. The first-order valence-electron chi connectivity index (χ1n) is 7.04. The fraction of sp³-hybridized carbons (Fsp3) is 0.267. The lowest BCUT2D eigenvalue weighted by Gasteiger charge is -2.43. The van der Waals surface area contributed by atoms with Crippen molar-refractivity contribution in [2.75, 3.05) is 22.9 Å². The Labute approximate surface area is 140 Å². The molecule has 0 saturated carbocycles. The van der Waals surface area contributed by atoms with Gasteiger partial charge >= 0.3 is 0 Å². The maximum absolute atomic E-state index is 12.4. The number of amides is 1. The molecule has 1 aromatic carbocycles. The van der Waals surface area contributed by atoms with Gasteiger partial charge in [-0.15, -0.1) is 0 Å². The number of thiazole rings is 1.